The van der Waals surface area contributed by atoms with Crippen LogP contribution >= 0.6 is 22.6 Å². The van der Waals surface area contributed by atoms with Gasteiger partial charge in [0, 0.05) is 22.7 Å². The first kappa shape index (κ1) is 19.2. The van der Waals surface area contributed by atoms with Gasteiger partial charge in [-0.2, -0.15) is 0 Å². The Morgan fingerprint density at radius 1 is 1.29 bits per heavy atom. The van der Waals surface area contributed by atoms with E-state index in [1.165, 1.54) is 7.11 Å². The number of hydrogen-bond acceptors (Lipinski definition) is 4. The van der Waals surface area contributed by atoms with E-state index in [-0.39, 0.29) is 18.5 Å². The zero-order valence-corrected chi connectivity index (χ0v) is 15.8. The highest BCUT2D eigenvalue weighted by atomic mass is 127. The van der Waals surface area contributed by atoms with Crippen LogP contribution in [0.1, 0.15) is 23.2 Å². The number of nitrogens with zero attached hydrogens (tertiary/aromatic N) is 1. The number of amides is 1. The number of carbonyl (C=O) groups is 1. The van der Waals surface area contributed by atoms with Crippen molar-refractivity contribution in [2.45, 2.75) is 25.3 Å². The molecule has 1 aromatic rings. The highest BCUT2D eigenvalue weighted by Crippen LogP contribution is 2.31. The molecule has 1 amide bonds. The lowest BCUT2D eigenvalue weighted by atomic mass is 10.0. The Hall–Kier alpha value is -1.16. The number of carbonyl (C=O) groups excluding carboxylic acids is 1. The molecule has 8 heteroatoms. The van der Waals surface area contributed by atoms with Crippen LogP contribution in [0.4, 0.5) is 8.78 Å². The van der Waals surface area contributed by atoms with Gasteiger partial charge in [0.1, 0.15) is 0 Å². The molecule has 0 aromatic heterocycles. The van der Waals surface area contributed by atoms with Gasteiger partial charge in [0.15, 0.2) is 11.5 Å². The van der Waals surface area contributed by atoms with Crippen molar-refractivity contribution in [2.24, 2.45) is 0 Å². The topological polar surface area (TPSA) is 50.8 Å². The SMILES string of the molecule is COc1cc(I)c(C(=O)NC2CCN(CC(F)F)CC2)cc1OC. The molecule has 1 aliphatic rings. The molecule has 1 aromatic carbocycles. The average molecular weight is 454 g/mol. The van der Waals surface area contributed by atoms with Crippen molar-refractivity contribution >= 4 is 28.5 Å². The summed E-state index contributed by atoms with van der Waals surface area (Å²) in [7, 11) is 3.06. The normalized spacial score (nSPS) is 16.2. The van der Waals surface area contributed by atoms with Crippen molar-refractivity contribution < 1.29 is 23.0 Å². The summed E-state index contributed by atoms with van der Waals surface area (Å²) < 4.78 is 36.0. The second kappa shape index (κ2) is 8.80. The fourth-order valence-corrected chi connectivity index (χ4v) is 3.43. The van der Waals surface area contributed by atoms with Crippen LogP contribution in [0.25, 0.3) is 0 Å². The van der Waals surface area contributed by atoms with Gasteiger partial charge in [-0.05, 0) is 47.6 Å². The average Bonchev–Trinajstić information content (AvgIpc) is 2.55. The van der Waals surface area contributed by atoms with Gasteiger partial charge < -0.3 is 14.8 Å². The van der Waals surface area contributed by atoms with Gasteiger partial charge in [-0.25, -0.2) is 8.78 Å². The van der Waals surface area contributed by atoms with E-state index in [1.54, 1.807) is 24.1 Å². The van der Waals surface area contributed by atoms with E-state index in [9.17, 15) is 13.6 Å². The molecule has 1 N–H and O–H groups in total. The monoisotopic (exact) mass is 454 g/mol. The van der Waals surface area contributed by atoms with E-state index in [4.69, 9.17) is 9.47 Å². The molecule has 5 nitrogen and oxygen atoms in total. The summed E-state index contributed by atoms with van der Waals surface area (Å²) in [5.41, 5.74) is 0.517. The molecule has 0 radical (unpaired) electrons. The zero-order valence-electron chi connectivity index (χ0n) is 13.7. The van der Waals surface area contributed by atoms with Crippen LogP contribution in [-0.2, 0) is 0 Å². The number of hydrogen-bond donors (Lipinski definition) is 1. The Labute approximate surface area is 153 Å². The quantitative estimate of drug-likeness (QED) is 0.672. The first-order valence-corrected chi connectivity index (χ1v) is 8.75. The van der Waals surface area contributed by atoms with E-state index in [0.29, 0.717) is 43.0 Å². The molecule has 0 saturated carbocycles. The fraction of sp³-hybridized carbons (Fsp3) is 0.562. The predicted octanol–water partition coefficient (Wildman–Crippen LogP) is 2.77. The lowest BCUT2D eigenvalue weighted by molar-refractivity contribution is 0.0696. The molecule has 2 rings (SSSR count). The molecule has 0 bridgehead atoms. The molecule has 0 spiro atoms. The Balaban J connectivity index is 1.98. The van der Waals surface area contributed by atoms with Crippen LogP contribution in [0.15, 0.2) is 12.1 Å². The Morgan fingerprint density at radius 3 is 2.42 bits per heavy atom. The van der Waals surface area contributed by atoms with Crippen molar-refractivity contribution in [3.63, 3.8) is 0 Å². The van der Waals surface area contributed by atoms with Crippen LogP contribution in [-0.4, -0.2) is 57.1 Å². The molecular weight excluding hydrogens is 433 g/mol. The highest BCUT2D eigenvalue weighted by molar-refractivity contribution is 14.1. The number of halogens is 3. The first-order valence-electron chi connectivity index (χ1n) is 7.67. The van der Waals surface area contributed by atoms with Crippen LogP contribution in [0, 0.1) is 3.57 Å². The maximum absolute atomic E-state index is 12.5. The molecule has 1 fully saturated rings. The van der Waals surface area contributed by atoms with Gasteiger partial charge in [-0.15, -0.1) is 0 Å². The maximum atomic E-state index is 12.5. The number of benzene rings is 1. The van der Waals surface area contributed by atoms with E-state index in [2.05, 4.69) is 27.9 Å². The second-order valence-electron chi connectivity index (χ2n) is 5.63. The Morgan fingerprint density at radius 2 is 1.88 bits per heavy atom. The highest BCUT2D eigenvalue weighted by Gasteiger charge is 2.24. The smallest absolute Gasteiger partial charge is 0.252 e. The number of piperidine rings is 1. The summed E-state index contributed by atoms with van der Waals surface area (Å²) in [6.07, 6.45) is -0.977. The van der Waals surface area contributed by atoms with Gasteiger partial charge in [-0.3, -0.25) is 9.69 Å². The lowest BCUT2D eigenvalue weighted by Gasteiger charge is -2.32. The van der Waals surface area contributed by atoms with Crippen LogP contribution in [0.5, 0.6) is 11.5 Å². The summed E-state index contributed by atoms with van der Waals surface area (Å²) in [6, 6.07) is 3.40. The van der Waals surface area contributed by atoms with Crippen molar-refractivity contribution in [2.75, 3.05) is 33.9 Å². The summed E-state index contributed by atoms with van der Waals surface area (Å²) in [5, 5.41) is 2.98. The van der Waals surface area contributed by atoms with Gasteiger partial charge in [0.05, 0.1) is 26.3 Å². The lowest BCUT2D eigenvalue weighted by Crippen LogP contribution is -2.45. The minimum atomic E-state index is -2.32. The number of ether oxygens (including phenoxy) is 2. The van der Waals surface area contributed by atoms with Gasteiger partial charge in [0.25, 0.3) is 12.3 Å². The van der Waals surface area contributed by atoms with Crippen LogP contribution < -0.4 is 14.8 Å². The van der Waals surface area contributed by atoms with Crippen molar-refractivity contribution in [3.05, 3.63) is 21.3 Å². The Bertz CT molecular complexity index is 579. The van der Waals surface area contributed by atoms with Gasteiger partial charge in [-0.1, -0.05) is 0 Å². The predicted molar refractivity (Wildman–Crippen MR) is 95.2 cm³/mol. The number of alkyl halides is 2. The minimum absolute atomic E-state index is 0.00433. The van der Waals surface area contributed by atoms with E-state index < -0.39 is 6.43 Å². The van der Waals surface area contributed by atoms with Crippen molar-refractivity contribution in [1.82, 2.24) is 10.2 Å². The van der Waals surface area contributed by atoms with E-state index >= 15 is 0 Å². The molecule has 1 aliphatic heterocycles. The third-order valence-electron chi connectivity index (χ3n) is 4.04. The zero-order chi connectivity index (χ0) is 17.7. The standard InChI is InChI=1S/C16H21F2IN2O3/c1-23-13-7-11(12(19)8-14(13)24-2)16(22)20-10-3-5-21(6-4-10)9-15(17)18/h7-8,10,15H,3-6,9H2,1-2H3,(H,20,22). The summed E-state index contributed by atoms with van der Waals surface area (Å²) in [5.74, 6) is 0.876. The maximum Gasteiger partial charge on any atom is 0.252 e. The number of nitrogens with one attached hydrogen (secondary N) is 1. The molecule has 1 heterocycles. The van der Waals surface area contributed by atoms with Crippen molar-refractivity contribution in [1.29, 1.82) is 0 Å². The Kier molecular flexibility index (Phi) is 7.02. The molecule has 0 atom stereocenters. The van der Waals surface area contributed by atoms with Crippen LogP contribution in [0.2, 0.25) is 0 Å². The van der Waals surface area contributed by atoms with Gasteiger partial charge in [0.2, 0.25) is 0 Å². The largest absolute Gasteiger partial charge is 0.493 e. The minimum Gasteiger partial charge on any atom is -0.493 e. The van der Waals surface area contributed by atoms with E-state index in [0.717, 1.165) is 3.57 Å². The molecular formula is C16H21F2IN2O3. The third kappa shape index (κ3) is 4.92. The molecule has 1 saturated heterocycles. The molecule has 0 aliphatic carbocycles. The molecule has 24 heavy (non-hydrogen) atoms. The third-order valence-corrected chi connectivity index (χ3v) is 4.93. The number of methoxy groups -OCH3 is 2. The van der Waals surface area contributed by atoms with Gasteiger partial charge >= 0.3 is 0 Å². The van der Waals surface area contributed by atoms with E-state index in [1.807, 2.05) is 0 Å². The molecule has 134 valence electrons. The molecule has 0 unspecified atom stereocenters. The fourth-order valence-electron chi connectivity index (χ4n) is 2.75. The first-order chi connectivity index (χ1) is 11.4. The summed E-state index contributed by atoms with van der Waals surface area (Å²) >= 11 is 2.08. The van der Waals surface area contributed by atoms with Crippen LogP contribution in [0.3, 0.4) is 0 Å². The number of rotatable bonds is 6. The number of likely N-dealkylation sites (tertiary alicyclic amines) is 1. The van der Waals surface area contributed by atoms with Crippen molar-refractivity contribution in [3.8, 4) is 11.5 Å². The summed E-state index contributed by atoms with van der Waals surface area (Å²) in [4.78, 5) is 14.2. The summed E-state index contributed by atoms with van der Waals surface area (Å²) in [6.45, 7) is 0.935. The second-order valence-corrected chi connectivity index (χ2v) is 6.79.